The number of halogens is 1. The van der Waals surface area contributed by atoms with Crippen molar-refractivity contribution in [1.29, 1.82) is 0 Å². The third-order valence-electron chi connectivity index (χ3n) is 3.12. The number of phenolic OH excluding ortho intramolecular Hbond substituents is 1. The molecule has 0 spiro atoms. The van der Waals surface area contributed by atoms with Crippen LogP contribution in [0.2, 0.25) is 5.02 Å². The normalized spacial score (nSPS) is 10.8. The number of rotatable bonds is 6. The SMILES string of the molecule is Cc1[nH]ncc1CCCNCc1cccc(Cl)c1O. The molecule has 1 aromatic heterocycles. The summed E-state index contributed by atoms with van der Waals surface area (Å²) < 4.78 is 0. The van der Waals surface area contributed by atoms with Gasteiger partial charge in [-0.15, -0.1) is 0 Å². The van der Waals surface area contributed by atoms with Gasteiger partial charge in [0, 0.05) is 17.8 Å². The Morgan fingerprint density at radius 1 is 1.37 bits per heavy atom. The first-order chi connectivity index (χ1) is 9.18. The van der Waals surface area contributed by atoms with Crippen LogP contribution in [0.25, 0.3) is 0 Å². The van der Waals surface area contributed by atoms with E-state index in [2.05, 4.69) is 15.5 Å². The van der Waals surface area contributed by atoms with Gasteiger partial charge < -0.3 is 10.4 Å². The number of H-pyrrole nitrogens is 1. The highest BCUT2D eigenvalue weighted by Gasteiger charge is 2.04. The lowest BCUT2D eigenvalue weighted by Gasteiger charge is -2.07. The first kappa shape index (κ1) is 13.9. The van der Waals surface area contributed by atoms with Crippen molar-refractivity contribution in [3.8, 4) is 5.75 Å². The van der Waals surface area contributed by atoms with Crippen LogP contribution in [0.15, 0.2) is 24.4 Å². The number of para-hydroxylation sites is 1. The van der Waals surface area contributed by atoms with Gasteiger partial charge in [0.25, 0.3) is 0 Å². The Hall–Kier alpha value is -1.52. The van der Waals surface area contributed by atoms with Crippen molar-refractivity contribution in [1.82, 2.24) is 15.5 Å². The Labute approximate surface area is 117 Å². The molecule has 1 aromatic carbocycles. The fraction of sp³-hybridized carbons (Fsp3) is 0.357. The molecule has 2 rings (SSSR count). The van der Waals surface area contributed by atoms with E-state index in [1.165, 1.54) is 5.56 Å². The predicted octanol–water partition coefficient (Wildman–Crippen LogP) is 2.80. The third kappa shape index (κ3) is 3.72. The summed E-state index contributed by atoms with van der Waals surface area (Å²) in [6.45, 7) is 3.53. The van der Waals surface area contributed by atoms with Crippen LogP contribution in [0.4, 0.5) is 0 Å². The number of hydrogen-bond acceptors (Lipinski definition) is 3. The Bertz CT molecular complexity index is 539. The number of aryl methyl sites for hydroxylation is 2. The molecule has 0 aliphatic heterocycles. The van der Waals surface area contributed by atoms with E-state index in [0.717, 1.165) is 30.6 Å². The standard InChI is InChI=1S/C14H18ClN3O/c1-10-11(9-17-18-10)5-3-7-16-8-12-4-2-6-13(15)14(12)19/h2,4,6,9,16,19H,3,5,7-8H2,1H3,(H,17,18). The Balaban J connectivity index is 1.72. The Morgan fingerprint density at radius 3 is 2.95 bits per heavy atom. The molecule has 1 heterocycles. The van der Waals surface area contributed by atoms with Crippen LogP contribution in [0, 0.1) is 6.92 Å². The minimum absolute atomic E-state index is 0.169. The highest BCUT2D eigenvalue weighted by molar-refractivity contribution is 6.32. The molecule has 0 aliphatic rings. The molecular formula is C14H18ClN3O. The maximum absolute atomic E-state index is 9.76. The van der Waals surface area contributed by atoms with E-state index in [1.807, 2.05) is 25.3 Å². The molecular weight excluding hydrogens is 262 g/mol. The molecule has 0 radical (unpaired) electrons. The first-order valence-electron chi connectivity index (χ1n) is 6.34. The molecule has 0 fully saturated rings. The number of hydrogen-bond donors (Lipinski definition) is 3. The summed E-state index contributed by atoms with van der Waals surface area (Å²) in [5.74, 6) is 0.169. The van der Waals surface area contributed by atoms with E-state index in [-0.39, 0.29) is 5.75 Å². The van der Waals surface area contributed by atoms with Gasteiger partial charge in [-0.3, -0.25) is 5.10 Å². The molecule has 0 amide bonds. The molecule has 0 saturated heterocycles. The monoisotopic (exact) mass is 279 g/mol. The fourth-order valence-electron chi connectivity index (χ4n) is 1.96. The molecule has 0 unspecified atom stereocenters. The average molecular weight is 280 g/mol. The van der Waals surface area contributed by atoms with Gasteiger partial charge in [0.2, 0.25) is 0 Å². The molecule has 2 aromatic rings. The van der Waals surface area contributed by atoms with Gasteiger partial charge in [-0.05, 0) is 37.9 Å². The lowest BCUT2D eigenvalue weighted by Crippen LogP contribution is -2.15. The van der Waals surface area contributed by atoms with E-state index in [4.69, 9.17) is 11.6 Å². The van der Waals surface area contributed by atoms with Crippen LogP contribution in [-0.2, 0) is 13.0 Å². The zero-order chi connectivity index (χ0) is 13.7. The van der Waals surface area contributed by atoms with E-state index < -0.39 is 0 Å². The molecule has 0 atom stereocenters. The van der Waals surface area contributed by atoms with Gasteiger partial charge in [0.15, 0.2) is 0 Å². The molecule has 5 heteroatoms. The maximum Gasteiger partial charge on any atom is 0.138 e. The van der Waals surface area contributed by atoms with E-state index >= 15 is 0 Å². The minimum atomic E-state index is 0.169. The average Bonchev–Trinajstić information content (AvgIpc) is 2.80. The smallest absolute Gasteiger partial charge is 0.138 e. The molecule has 0 aliphatic carbocycles. The van der Waals surface area contributed by atoms with Crippen molar-refractivity contribution < 1.29 is 5.11 Å². The molecule has 4 nitrogen and oxygen atoms in total. The van der Waals surface area contributed by atoms with Crippen molar-refractivity contribution >= 4 is 11.6 Å². The summed E-state index contributed by atoms with van der Waals surface area (Å²) in [5, 5.41) is 20.4. The van der Waals surface area contributed by atoms with Crippen molar-refractivity contribution in [2.45, 2.75) is 26.3 Å². The second-order valence-corrected chi connectivity index (χ2v) is 4.96. The number of benzene rings is 1. The lowest BCUT2D eigenvalue weighted by atomic mass is 10.1. The van der Waals surface area contributed by atoms with E-state index in [0.29, 0.717) is 11.6 Å². The highest BCUT2D eigenvalue weighted by Crippen LogP contribution is 2.26. The molecule has 0 saturated carbocycles. The number of aromatic nitrogens is 2. The number of aromatic amines is 1. The van der Waals surface area contributed by atoms with Crippen molar-refractivity contribution in [3.05, 3.63) is 46.2 Å². The van der Waals surface area contributed by atoms with Gasteiger partial charge in [-0.2, -0.15) is 5.10 Å². The number of nitrogens with one attached hydrogen (secondary N) is 2. The van der Waals surface area contributed by atoms with Crippen LogP contribution in [0.1, 0.15) is 23.2 Å². The van der Waals surface area contributed by atoms with Crippen LogP contribution in [0.3, 0.4) is 0 Å². The van der Waals surface area contributed by atoms with Crippen molar-refractivity contribution in [2.75, 3.05) is 6.54 Å². The third-order valence-corrected chi connectivity index (χ3v) is 3.42. The summed E-state index contributed by atoms with van der Waals surface area (Å²) in [4.78, 5) is 0. The van der Waals surface area contributed by atoms with Crippen molar-refractivity contribution in [3.63, 3.8) is 0 Å². The molecule has 102 valence electrons. The summed E-state index contributed by atoms with van der Waals surface area (Å²) in [5.41, 5.74) is 3.21. The summed E-state index contributed by atoms with van der Waals surface area (Å²) in [6, 6.07) is 5.39. The van der Waals surface area contributed by atoms with Crippen LogP contribution in [0.5, 0.6) is 5.75 Å². The van der Waals surface area contributed by atoms with Gasteiger partial charge in [-0.25, -0.2) is 0 Å². The van der Waals surface area contributed by atoms with Gasteiger partial charge in [0.1, 0.15) is 5.75 Å². The molecule has 0 bridgehead atoms. The zero-order valence-corrected chi connectivity index (χ0v) is 11.7. The summed E-state index contributed by atoms with van der Waals surface area (Å²) in [6.07, 6.45) is 3.90. The zero-order valence-electron chi connectivity index (χ0n) is 10.9. The minimum Gasteiger partial charge on any atom is -0.506 e. The van der Waals surface area contributed by atoms with Gasteiger partial charge >= 0.3 is 0 Å². The highest BCUT2D eigenvalue weighted by atomic mass is 35.5. The van der Waals surface area contributed by atoms with Gasteiger partial charge in [0.05, 0.1) is 11.2 Å². The number of nitrogens with zero attached hydrogens (tertiary/aromatic N) is 1. The summed E-state index contributed by atoms with van der Waals surface area (Å²) in [7, 11) is 0. The van der Waals surface area contributed by atoms with Crippen LogP contribution >= 0.6 is 11.6 Å². The second kappa shape index (κ2) is 6.59. The van der Waals surface area contributed by atoms with Crippen LogP contribution in [-0.4, -0.2) is 21.8 Å². The first-order valence-corrected chi connectivity index (χ1v) is 6.72. The van der Waals surface area contributed by atoms with Crippen molar-refractivity contribution in [2.24, 2.45) is 0 Å². The topological polar surface area (TPSA) is 60.9 Å². The second-order valence-electron chi connectivity index (χ2n) is 4.55. The largest absolute Gasteiger partial charge is 0.506 e. The quantitative estimate of drug-likeness (QED) is 0.713. The lowest BCUT2D eigenvalue weighted by molar-refractivity contribution is 0.464. The molecule has 3 N–H and O–H groups in total. The Morgan fingerprint density at radius 2 is 2.21 bits per heavy atom. The molecule has 19 heavy (non-hydrogen) atoms. The summed E-state index contributed by atoms with van der Waals surface area (Å²) >= 11 is 5.85. The maximum atomic E-state index is 9.76. The van der Waals surface area contributed by atoms with Gasteiger partial charge in [-0.1, -0.05) is 23.7 Å². The van der Waals surface area contributed by atoms with Crippen LogP contribution < -0.4 is 5.32 Å². The Kier molecular flexibility index (Phi) is 4.82. The number of phenols is 1. The van der Waals surface area contributed by atoms with E-state index in [9.17, 15) is 5.11 Å². The number of aromatic hydroxyl groups is 1. The fourth-order valence-corrected chi connectivity index (χ4v) is 2.15. The van der Waals surface area contributed by atoms with E-state index in [1.54, 1.807) is 6.07 Å². The predicted molar refractivity (Wildman–Crippen MR) is 76.5 cm³/mol.